The molecule has 0 saturated heterocycles. The summed E-state index contributed by atoms with van der Waals surface area (Å²) in [5, 5.41) is 5.17. The summed E-state index contributed by atoms with van der Waals surface area (Å²) in [6, 6.07) is 35.0. The van der Waals surface area contributed by atoms with E-state index in [0.717, 1.165) is 11.0 Å². The minimum Gasteiger partial charge on any atom is -0.334 e. The fourth-order valence-electron chi connectivity index (χ4n) is 4.35. The van der Waals surface area contributed by atoms with Gasteiger partial charge in [0.15, 0.2) is 0 Å². The summed E-state index contributed by atoms with van der Waals surface area (Å²) in [6.07, 6.45) is 1.86. The molecule has 0 spiro atoms. The van der Waals surface area contributed by atoms with E-state index in [1.54, 1.807) is 0 Å². The van der Waals surface area contributed by atoms with E-state index in [1.807, 2.05) is 13.4 Å². The lowest BCUT2D eigenvalue weighted by Gasteiger charge is -2.09. The maximum absolute atomic E-state index is 4.41. The highest BCUT2D eigenvalue weighted by Crippen LogP contribution is 2.31. The van der Waals surface area contributed by atoms with Crippen LogP contribution in [0.2, 0.25) is 0 Å². The summed E-state index contributed by atoms with van der Waals surface area (Å²) in [5.74, 6) is 0. The fourth-order valence-corrected chi connectivity index (χ4v) is 4.35. The molecule has 5 aromatic carbocycles. The number of rotatable bonds is 2. The van der Waals surface area contributed by atoms with Crippen LogP contribution >= 0.6 is 0 Å². The van der Waals surface area contributed by atoms with Crippen molar-refractivity contribution in [1.29, 1.82) is 0 Å². The van der Waals surface area contributed by atoms with Gasteiger partial charge in [-0.3, -0.25) is 0 Å². The molecule has 0 amide bonds. The summed E-state index contributed by atoms with van der Waals surface area (Å²) in [5.41, 5.74) is 7.08. The summed E-state index contributed by atoms with van der Waals surface area (Å²) >= 11 is 0. The molecule has 0 unspecified atom stereocenters. The lowest BCUT2D eigenvalue weighted by Crippen LogP contribution is -1.85. The molecular formula is C28H20N2. The zero-order chi connectivity index (χ0) is 20.1. The second-order valence-corrected chi connectivity index (χ2v) is 7.86. The van der Waals surface area contributed by atoms with Gasteiger partial charge in [-0.25, -0.2) is 4.98 Å². The molecular weight excluding hydrogens is 364 g/mol. The molecule has 0 N–H and O–H groups in total. The molecule has 0 aliphatic rings. The van der Waals surface area contributed by atoms with Crippen molar-refractivity contribution in [2.75, 3.05) is 0 Å². The molecule has 0 radical (unpaired) electrons. The van der Waals surface area contributed by atoms with Gasteiger partial charge in [0.05, 0.1) is 17.4 Å². The van der Waals surface area contributed by atoms with Crippen LogP contribution in [-0.2, 0) is 7.05 Å². The van der Waals surface area contributed by atoms with Gasteiger partial charge in [0, 0.05) is 7.05 Å². The number of aryl methyl sites for hydroxylation is 1. The summed E-state index contributed by atoms with van der Waals surface area (Å²) < 4.78 is 2.06. The van der Waals surface area contributed by atoms with Crippen LogP contribution in [-0.4, -0.2) is 9.55 Å². The predicted molar refractivity (Wildman–Crippen MR) is 127 cm³/mol. The lowest BCUT2D eigenvalue weighted by molar-refractivity contribution is 0.948. The van der Waals surface area contributed by atoms with Gasteiger partial charge >= 0.3 is 0 Å². The lowest BCUT2D eigenvalue weighted by atomic mass is 9.96. The number of imidazole rings is 1. The molecule has 6 rings (SSSR count). The molecule has 0 aliphatic carbocycles. The van der Waals surface area contributed by atoms with Crippen molar-refractivity contribution in [3.8, 4) is 22.3 Å². The molecule has 1 aromatic heterocycles. The molecule has 0 atom stereocenters. The van der Waals surface area contributed by atoms with Crippen LogP contribution in [0.5, 0.6) is 0 Å². The predicted octanol–water partition coefficient (Wildman–Crippen LogP) is 7.21. The molecule has 0 bridgehead atoms. The average molecular weight is 384 g/mol. The number of fused-ring (bicyclic) bond motifs is 4. The smallest absolute Gasteiger partial charge is 0.0955 e. The Balaban J connectivity index is 1.39. The Morgan fingerprint density at radius 1 is 0.567 bits per heavy atom. The topological polar surface area (TPSA) is 17.8 Å². The molecule has 142 valence electrons. The maximum Gasteiger partial charge on any atom is 0.0955 e. The van der Waals surface area contributed by atoms with E-state index in [0.29, 0.717) is 0 Å². The first kappa shape index (κ1) is 17.0. The second kappa shape index (κ2) is 6.57. The first-order chi connectivity index (χ1) is 14.8. The third-order valence-corrected chi connectivity index (χ3v) is 6.02. The van der Waals surface area contributed by atoms with Crippen molar-refractivity contribution in [3.63, 3.8) is 0 Å². The normalized spacial score (nSPS) is 11.5. The highest BCUT2D eigenvalue weighted by atomic mass is 15.0. The summed E-state index contributed by atoms with van der Waals surface area (Å²) in [4.78, 5) is 4.41. The van der Waals surface area contributed by atoms with E-state index in [4.69, 9.17) is 0 Å². The summed E-state index contributed by atoms with van der Waals surface area (Å²) in [6.45, 7) is 0. The quantitative estimate of drug-likeness (QED) is 0.288. The van der Waals surface area contributed by atoms with E-state index in [2.05, 4.69) is 107 Å². The van der Waals surface area contributed by atoms with Gasteiger partial charge < -0.3 is 4.57 Å². The zero-order valence-corrected chi connectivity index (χ0v) is 16.7. The standard InChI is InChI=1S/C28H20N2/c1-30-18-29-27-15-13-23(17-28(27)30)20-8-6-19(7-9-20)22-12-14-26-24(16-22)11-10-21-4-2-3-5-25(21)26/h2-18H,1H3. The van der Waals surface area contributed by atoms with Crippen LogP contribution < -0.4 is 0 Å². The van der Waals surface area contributed by atoms with Crippen LogP contribution in [0.1, 0.15) is 0 Å². The number of hydrogen-bond donors (Lipinski definition) is 0. The van der Waals surface area contributed by atoms with E-state index in [9.17, 15) is 0 Å². The van der Waals surface area contributed by atoms with Gasteiger partial charge in [-0.05, 0) is 62.0 Å². The fraction of sp³-hybridized carbons (Fsp3) is 0.0357. The molecule has 1 heterocycles. The van der Waals surface area contributed by atoms with Crippen molar-refractivity contribution < 1.29 is 0 Å². The van der Waals surface area contributed by atoms with E-state index >= 15 is 0 Å². The summed E-state index contributed by atoms with van der Waals surface area (Å²) in [7, 11) is 2.03. The Hall–Kier alpha value is -3.91. The van der Waals surface area contributed by atoms with Gasteiger partial charge in [-0.15, -0.1) is 0 Å². The van der Waals surface area contributed by atoms with Crippen LogP contribution in [0.25, 0.3) is 54.8 Å². The molecule has 6 aromatic rings. The first-order valence-electron chi connectivity index (χ1n) is 10.2. The number of aromatic nitrogens is 2. The molecule has 0 aliphatic heterocycles. The van der Waals surface area contributed by atoms with Gasteiger partial charge in [0.25, 0.3) is 0 Å². The van der Waals surface area contributed by atoms with Crippen molar-refractivity contribution >= 4 is 32.6 Å². The van der Waals surface area contributed by atoms with Gasteiger partial charge in [-0.2, -0.15) is 0 Å². The van der Waals surface area contributed by atoms with Gasteiger partial charge in [0.1, 0.15) is 0 Å². The second-order valence-electron chi connectivity index (χ2n) is 7.86. The first-order valence-corrected chi connectivity index (χ1v) is 10.2. The average Bonchev–Trinajstić information content (AvgIpc) is 3.19. The van der Waals surface area contributed by atoms with Crippen LogP contribution in [0.3, 0.4) is 0 Å². The molecule has 0 saturated carbocycles. The van der Waals surface area contributed by atoms with Crippen molar-refractivity contribution in [1.82, 2.24) is 9.55 Å². The number of hydrogen-bond acceptors (Lipinski definition) is 1. The van der Waals surface area contributed by atoms with Crippen molar-refractivity contribution in [3.05, 3.63) is 103 Å². The Bertz CT molecular complexity index is 1540. The Kier molecular flexibility index (Phi) is 3.72. The SMILES string of the molecule is Cn1cnc2ccc(-c3ccc(-c4ccc5c(ccc6ccccc65)c4)cc3)cc21. The molecule has 0 fully saturated rings. The van der Waals surface area contributed by atoms with Crippen LogP contribution in [0.4, 0.5) is 0 Å². The van der Waals surface area contributed by atoms with E-state index in [1.165, 1.54) is 43.8 Å². The monoisotopic (exact) mass is 384 g/mol. The highest BCUT2D eigenvalue weighted by molar-refractivity contribution is 6.08. The van der Waals surface area contributed by atoms with Crippen molar-refractivity contribution in [2.45, 2.75) is 0 Å². The van der Waals surface area contributed by atoms with Gasteiger partial charge in [0.2, 0.25) is 0 Å². The Morgan fingerprint density at radius 2 is 1.20 bits per heavy atom. The van der Waals surface area contributed by atoms with Crippen LogP contribution in [0, 0.1) is 0 Å². The third-order valence-electron chi connectivity index (χ3n) is 6.02. The van der Waals surface area contributed by atoms with Crippen molar-refractivity contribution in [2.24, 2.45) is 7.05 Å². The molecule has 2 nitrogen and oxygen atoms in total. The van der Waals surface area contributed by atoms with Crippen LogP contribution in [0.15, 0.2) is 103 Å². The van der Waals surface area contributed by atoms with E-state index < -0.39 is 0 Å². The Morgan fingerprint density at radius 3 is 2.03 bits per heavy atom. The minimum atomic E-state index is 1.03. The minimum absolute atomic E-state index is 1.03. The third kappa shape index (κ3) is 2.69. The highest BCUT2D eigenvalue weighted by Gasteiger charge is 2.06. The Labute approximate surface area is 175 Å². The zero-order valence-electron chi connectivity index (χ0n) is 16.7. The number of benzene rings is 5. The maximum atomic E-state index is 4.41. The molecule has 2 heteroatoms. The molecule has 30 heavy (non-hydrogen) atoms. The number of nitrogens with zero attached hydrogens (tertiary/aromatic N) is 2. The largest absolute Gasteiger partial charge is 0.334 e. The van der Waals surface area contributed by atoms with Gasteiger partial charge in [-0.1, -0.05) is 78.9 Å². The van der Waals surface area contributed by atoms with E-state index in [-0.39, 0.29) is 0 Å².